The predicted molar refractivity (Wildman–Crippen MR) is 98.0 cm³/mol. The summed E-state index contributed by atoms with van der Waals surface area (Å²) >= 11 is 0. The van der Waals surface area contributed by atoms with E-state index < -0.39 is 0 Å². The fraction of sp³-hybridized carbons (Fsp3) is 0.421. The summed E-state index contributed by atoms with van der Waals surface area (Å²) in [6.45, 7) is 3.47. The lowest BCUT2D eigenvalue weighted by Crippen LogP contribution is -2.31. The Morgan fingerprint density at radius 3 is 2.68 bits per heavy atom. The molecule has 6 heteroatoms. The van der Waals surface area contributed by atoms with E-state index in [0.717, 1.165) is 25.9 Å². The number of nitrogens with two attached hydrogens (primary N) is 1. The second-order valence-electron chi connectivity index (χ2n) is 6.86. The van der Waals surface area contributed by atoms with Crippen LogP contribution in [0.5, 0.6) is 0 Å². The first-order valence-electron chi connectivity index (χ1n) is 8.59. The van der Waals surface area contributed by atoms with Gasteiger partial charge in [0.1, 0.15) is 0 Å². The number of hydrogen-bond acceptors (Lipinski definition) is 5. The SMILES string of the molecule is Cc1nc(N)ncc1C(=O)N1CCCC1c1ccc(CN(C)C)cc1. The Kier molecular flexibility index (Phi) is 4.99. The lowest BCUT2D eigenvalue weighted by Gasteiger charge is -2.26. The molecule has 1 fully saturated rings. The van der Waals surface area contributed by atoms with E-state index in [0.29, 0.717) is 11.3 Å². The van der Waals surface area contributed by atoms with Gasteiger partial charge in [0.05, 0.1) is 17.3 Å². The van der Waals surface area contributed by atoms with E-state index in [1.807, 2.05) is 4.90 Å². The highest BCUT2D eigenvalue weighted by Gasteiger charge is 2.31. The molecule has 1 aliphatic rings. The minimum atomic E-state index is -0.0163. The molecule has 1 atom stereocenters. The summed E-state index contributed by atoms with van der Waals surface area (Å²) in [5, 5.41) is 0. The lowest BCUT2D eigenvalue weighted by atomic mass is 10.0. The van der Waals surface area contributed by atoms with Crippen LogP contribution in [0.1, 0.15) is 46.1 Å². The van der Waals surface area contributed by atoms with Gasteiger partial charge in [-0.1, -0.05) is 24.3 Å². The minimum Gasteiger partial charge on any atom is -0.368 e. The van der Waals surface area contributed by atoms with Crippen LogP contribution in [-0.2, 0) is 6.54 Å². The van der Waals surface area contributed by atoms with Crippen molar-refractivity contribution < 1.29 is 4.79 Å². The van der Waals surface area contributed by atoms with Crippen molar-refractivity contribution in [3.8, 4) is 0 Å². The molecule has 0 spiro atoms. The quantitative estimate of drug-likeness (QED) is 0.926. The van der Waals surface area contributed by atoms with Crippen molar-refractivity contribution in [3.63, 3.8) is 0 Å². The third-order valence-electron chi connectivity index (χ3n) is 4.61. The van der Waals surface area contributed by atoms with Crippen LogP contribution in [0.15, 0.2) is 30.5 Å². The topological polar surface area (TPSA) is 75.3 Å². The van der Waals surface area contributed by atoms with Crippen LogP contribution in [0.4, 0.5) is 5.95 Å². The molecule has 2 heterocycles. The molecule has 0 bridgehead atoms. The van der Waals surface area contributed by atoms with Gasteiger partial charge in [-0.05, 0) is 45.0 Å². The molecule has 1 aromatic carbocycles. The van der Waals surface area contributed by atoms with Gasteiger partial charge in [0, 0.05) is 19.3 Å². The molecular formula is C19H25N5O. The monoisotopic (exact) mass is 339 g/mol. The number of amides is 1. The van der Waals surface area contributed by atoms with Crippen LogP contribution in [0, 0.1) is 6.92 Å². The van der Waals surface area contributed by atoms with Crippen molar-refractivity contribution in [2.45, 2.75) is 32.4 Å². The van der Waals surface area contributed by atoms with Gasteiger partial charge < -0.3 is 15.5 Å². The summed E-state index contributed by atoms with van der Waals surface area (Å²) in [4.78, 5) is 25.2. The molecule has 1 amide bonds. The summed E-state index contributed by atoms with van der Waals surface area (Å²) in [6, 6.07) is 8.68. The molecule has 0 radical (unpaired) electrons. The highest BCUT2D eigenvalue weighted by Crippen LogP contribution is 2.33. The van der Waals surface area contributed by atoms with Crippen LogP contribution in [0.25, 0.3) is 0 Å². The molecule has 6 nitrogen and oxygen atoms in total. The molecule has 0 saturated carbocycles. The van der Waals surface area contributed by atoms with E-state index >= 15 is 0 Å². The third-order valence-corrected chi connectivity index (χ3v) is 4.61. The first kappa shape index (κ1) is 17.4. The third kappa shape index (κ3) is 3.79. The number of likely N-dealkylation sites (tertiary alicyclic amines) is 1. The standard InChI is InChI=1S/C19H25N5O/c1-13-16(11-21-19(20)22-13)18(25)24-10-4-5-17(24)15-8-6-14(7-9-15)12-23(2)3/h6-9,11,17H,4-5,10,12H2,1-3H3,(H2,20,21,22). The molecule has 1 unspecified atom stereocenters. The highest BCUT2D eigenvalue weighted by molar-refractivity contribution is 5.95. The van der Waals surface area contributed by atoms with Gasteiger partial charge in [-0.15, -0.1) is 0 Å². The summed E-state index contributed by atoms with van der Waals surface area (Å²) < 4.78 is 0. The number of carbonyl (C=O) groups is 1. The maximum absolute atomic E-state index is 13.0. The molecule has 25 heavy (non-hydrogen) atoms. The maximum Gasteiger partial charge on any atom is 0.257 e. The number of carbonyl (C=O) groups excluding carboxylic acids is 1. The van der Waals surface area contributed by atoms with E-state index in [-0.39, 0.29) is 17.9 Å². The van der Waals surface area contributed by atoms with Crippen LogP contribution < -0.4 is 5.73 Å². The van der Waals surface area contributed by atoms with Crippen LogP contribution in [0.2, 0.25) is 0 Å². The smallest absolute Gasteiger partial charge is 0.257 e. The zero-order chi connectivity index (χ0) is 18.0. The van der Waals surface area contributed by atoms with Crippen molar-refractivity contribution in [2.75, 3.05) is 26.4 Å². The Morgan fingerprint density at radius 2 is 2.04 bits per heavy atom. The van der Waals surface area contributed by atoms with E-state index in [1.54, 1.807) is 6.92 Å². The van der Waals surface area contributed by atoms with Gasteiger partial charge in [-0.2, -0.15) is 0 Å². The molecule has 1 aromatic heterocycles. The first-order chi connectivity index (χ1) is 12.0. The molecule has 1 aliphatic heterocycles. The van der Waals surface area contributed by atoms with E-state index in [9.17, 15) is 4.79 Å². The summed E-state index contributed by atoms with van der Waals surface area (Å²) in [5.74, 6) is 0.181. The average Bonchev–Trinajstić information content (AvgIpc) is 3.04. The molecule has 1 saturated heterocycles. The van der Waals surface area contributed by atoms with Gasteiger partial charge >= 0.3 is 0 Å². The molecule has 2 aromatic rings. The molecular weight excluding hydrogens is 314 g/mol. The summed E-state index contributed by atoms with van der Waals surface area (Å²) in [6.07, 6.45) is 3.52. The van der Waals surface area contributed by atoms with Gasteiger partial charge in [-0.3, -0.25) is 4.79 Å². The van der Waals surface area contributed by atoms with Gasteiger partial charge in [0.15, 0.2) is 0 Å². The predicted octanol–water partition coefficient (Wildman–Crippen LogP) is 2.41. The summed E-state index contributed by atoms with van der Waals surface area (Å²) in [7, 11) is 4.12. The molecule has 0 aliphatic carbocycles. The fourth-order valence-corrected chi connectivity index (χ4v) is 3.42. The highest BCUT2D eigenvalue weighted by atomic mass is 16.2. The Labute approximate surface area is 148 Å². The van der Waals surface area contributed by atoms with Crippen molar-refractivity contribution in [1.82, 2.24) is 19.8 Å². The number of aryl methyl sites for hydroxylation is 1. The van der Waals surface area contributed by atoms with E-state index in [1.165, 1.54) is 17.3 Å². The number of hydrogen-bond donors (Lipinski definition) is 1. The molecule has 132 valence electrons. The molecule has 2 N–H and O–H groups in total. The van der Waals surface area contributed by atoms with Crippen molar-refractivity contribution in [3.05, 3.63) is 52.8 Å². The number of anilines is 1. The number of nitrogens with zero attached hydrogens (tertiary/aromatic N) is 4. The zero-order valence-electron chi connectivity index (χ0n) is 15.1. The van der Waals surface area contributed by atoms with E-state index in [2.05, 4.69) is 53.2 Å². The van der Waals surface area contributed by atoms with Gasteiger partial charge in [0.25, 0.3) is 5.91 Å². The first-order valence-corrected chi connectivity index (χ1v) is 8.59. The normalized spacial score (nSPS) is 17.3. The fourth-order valence-electron chi connectivity index (χ4n) is 3.42. The maximum atomic E-state index is 13.0. The number of nitrogen functional groups attached to an aromatic ring is 1. The lowest BCUT2D eigenvalue weighted by molar-refractivity contribution is 0.0734. The Balaban J connectivity index is 1.81. The Bertz CT molecular complexity index is 757. The Hall–Kier alpha value is -2.47. The molecule has 3 rings (SSSR count). The van der Waals surface area contributed by atoms with Crippen LogP contribution in [-0.4, -0.2) is 46.3 Å². The second kappa shape index (κ2) is 7.19. The average molecular weight is 339 g/mol. The largest absolute Gasteiger partial charge is 0.368 e. The number of rotatable bonds is 4. The number of aromatic nitrogens is 2. The van der Waals surface area contributed by atoms with E-state index in [4.69, 9.17) is 5.73 Å². The zero-order valence-corrected chi connectivity index (χ0v) is 15.1. The van der Waals surface area contributed by atoms with Crippen molar-refractivity contribution >= 4 is 11.9 Å². The van der Waals surface area contributed by atoms with Crippen LogP contribution >= 0.6 is 0 Å². The van der Waals surface area contributed by atoms with Gasteiger partial charge in [-0.25, -0.2) is 9.97 Å². The Morgan fingerprint density at radius 1 is 1.32 bits per heavy atom. The van der Waals surface area contributed by atoms with Crippen molar-refractivity contribution in [2.24, 2.45) is 0 Å². The van der Waals surface area contributed by atoms with Gasteiger partial charge in [0.2, 0.25) is 5.95 Å². The van der Waals surface area contributed by atoms with Crippen LogP contribution in [0.3, 0.4) is 0 Å². The second-order valence-corrected chi connectivity index (χ2v) is 6.86. The number of benzene rings is 1. The van der Waals surface area contributed by atoms with Crippen molar-refractivity contribution in [1.29, 1.82) is 0 Å². The minimum absolute atomic E-state index is 0.0163. The summed E-state index contributed by atoms with van der Waals surface area (Å²) in [5.41, 5.74) is 9.21.